The van der Waals surface area contributed by atoms with Gasteiger partial charge in [0.25, 0.3) is 0 Å². The summed E-state index contributed by atoms with van der Waals surface area (Å²) in [4.78, 5) is 26.1. The van der Waals surface area contributed by atoms with Crippen LogP contribution in [0.3, 0.4) is 0 Å². The van der Waals surface area contributed by atoms with E-state index < -0.39 is 5.97 Å². The molecular weight excluding hydrogens is 220 g/mol. The molecule has 0 aromatic heterocycles. The van der Waals surface area contributed by atoms with Crippen LogP contribution < -0.4 is 0 Å². The summed E-state index contributed by atoms with van der Waals surface area (Å²) in [5.41, 5.74) is 0. The van der Waals surface area contributed by atoms with Crippen LogP contribution in [-0.2, 0) is 4.79 Å². The van der Waals surface area contributed by atoms with Gasteiger partial charge in [-0.1, -0.05) is 20.8 Å². The van der Waals surface area contributed by atoms with E-state index in [9.17, 15) is 9.59 Å². The van der Waals surface area contributed by atoms with Gasteiger partial charge in [-0.05, 0) is 18.3 Å². The molecule has 0 aromatic rings. The Morgan fingerprint density at radius 1 is 1.47 bits per heavy atom. The van der Waals surface area contributed by atoms with Crippen LogP contribution in [0.15, 0.2) is 0 Å². The summed E-state index contributed by atoms with van der Waals surface area (Å²) in [6.45, 7) is 7.85. The lowest BCUT2D eigenvalue weighted by atomic mass is 10.2. The minimum Gasteiger partial charge on any atom is -0.480 e. The third-order valence-electron chi connectivity index (χ3n) is 2.88. The topological polar surface area (TPSA) is 60.9 Å². The van der Waals surface area contributed by atoms with Crippen molar-refractivity contribution < 1.29 is 14.7 Å². The molecule has 1 N–H and O–H groups in total. The van der Waals surface area contributed by atoms with Gasteiger partial charge in [-0.3, -0.25) is 4.79 Å². The van der Waals surface area contributed by atoms with Crippen molar-refractivity contribution in [3.8, 4) is 0 Å². The third-order valence-corrected chi connectivity index (χ3v) is 2.88. The van der Waals surface area contributed by atoms with Crippen LogP contribution in [0.1, 0.15) is 27.2 Å². The van der Waals surface area contributed by atoms with Gasteiger partial charge in [0.15, 0.2) is 0 Å². The number of carboxylic acids is 1. The van der Waals surface area contributed by atoms with Crippen LogP contribution >= 0.6 is 0 Å². The summed E-state index contributed by atoms with van der Waals surface area (Å²) in [5.74, 6) is -0.158. The van der Waals surface area contributed by atoms with Crippen molar-refractivity contribution in [3.05, 3.63) is 0 Å². The van der Waals surface area contributed by atoms with Gasteiger partial charge < -0.3 is 14.9 Å². The summed E-state index contributed by atoms with van der Waals surface area (Å²) in [6.07, 6.45) is 1.01. The third kappa shape index (κ3) is 4.24. The lowest BCUT2D eigenvalue weighted by Crippen LogP contribution is -2.45. The van der Waals surface area contributed by atoms with E-state index in [4.69, 9.17) is 5.11 Å². The van der Waals surface area contributed by atoms with Crippen molar-refractivity contribution in [2.75, 3.05) is 26.2 Å². The quantitative estimate of drug-likeness (QED) is 0.812. The molecule has 17 heavy (non-hydrogen) atoms. The lowest BCUT2D eigenvalue weighted by Gasteiger charge is -2.28. The Hall–Kier alpha value is -1.26. The molecule has 1 aliphatic heterocycles. The van der Waals surface area contributed by atoms with E-state index in [1.54, 1.807) is 4.90 Å². The molecule has 0 spiro atoms. The van der Waals surface area contributed by atoms with Crippen LogP contribution in [0.4, 0.5) is 4.79 Å². The van der Waals surface area contributed by atoms with Crippen molar-refractivity contribution in [2.24, 2.45) is 11.8 Å². The van der Waals surface area contributed by atoms with Crippen molar-refractivity contribution in [1.29, 1.82) is 0 Å². The van der Waals surface area contributed by atoms with E-state index in [1.165, 1.54) is 4.90 Å². The summed E-state index contributed by atoms with van der Waals surface area (Å²) in [6, 6.07) is -0.134. The molecule has 1 atom stereocenters. The van der Waals surface area contributed by atoms with Crippen molar-refractivity contribution in [1.82, 2.24) is 9.80 Å². The van der Waals surface area contributed by atoms with Gasteiger partial charge in [-0.25, -0.2) is 4.79 Å². The SMILES string of the molecule is CC(C)CN(CC(=O)O)C(=O)N1CCC(C)C1. The Balaban J connectivity index is 2.61. The lowest BCUT2D eigenvalue weighted by molar-refractivity contribution is -0.137. The second-order valence-corrected chi connectivity index (χ2v) is 5.29. The number of rotatable bonds is 4. The molecule has 0 bridgehead atoms. The predicted octanol–water partition coefficient (Wildman–Crippen LogP) is 1.49. The molecule has 0 aromatic carbocycles. The maximum Gasteiger partial charge on any atom is 0.323 e. The number of aliphatic carboxylic acids is 1. The van der Waals surface area contributed by atoms with Crippen LogP contribution in [0.25, 0.3) is 0 Å². The zero-order valence-corrected chi connectivity index (χ0v) is 10.8. The number of carbonyl (C=O) groups excluding carboxylic acids is 1. The summed E-state index contributed by atoms with van der Waals surface area (Å²) < 4.78 is 0. The van der Waals surface area contributed by atoms with Crippen LogP contribution in [0, 0.1) is 11.8 Å². The van der Waals surface area contributed by atoms with Crippen molar-refractivity contribution >= 4 is 12.0 Å². The second kappa shape index (κ2) is 5.89. The molecule has 0 aliphatic carbocycles. The Morgan fingerprint density at radius 3 is 2.53 bits per heavy atom. The predicted molar refractivity (Wildman–Crippen MR) is 64.8 cm³/mol. The largest absolute Gasteiger partial charge is 0.480 e. The molecule has 5 nitrogen and oxygen atoms in total. The standard InChI is InChI=1S/C12H22N2O3/c1-9(2)6-14(8-11(15)16)12(17)13-5-4-10(3)7-13/h9-10H,4-8H2,1-3H3,(H,15,16). The second-order valence-electron chi connectivity index (χ2n) is 5.29. The first-order valence-electron chi connectivity index (χ1n) is 6.15. The maximum atomic E-state index is 12.2. The Morgan fingerprint density at radius 2 is 2.12 bits per heavy atom. The van der Waals surface area contributed by atoms with Gasteiger partial charge in [0.2, 0.25) is 0 Å². The monoisotopic (exact) mass is 242 g/mol. The highest BCUT2D eigenvalue weighted by molar-refractivity contribution is 5.80. The number of carboxylic acid groups (broad SMARTS) is 1. The molecule has 1 saturated heterocycles. The number of hydrogen-bond donors (Lipinski definition) is 1. The normalized spacial score (nSPS) is 19.8. The van der Waals surface area contributed by atoms with Crippen molar-refractivity contribution in [3.63, 3.8) is 0 Å². The first-order chi connectivity index (χ1) is 7.90. The van der Waals surface area contributed by atoms with E-state index in [-0.39, 0.29) is 18.5 Å². The summed E-state index contributed by atoms with van der Waals surface area (Å²) >= 11 is 0. The van der Waals surface area contributed by atoms with E-state index in [1.807, 2.05) is 13.8 Å². The number of nitrogens with zero attached hydrogens (tertiary/aromatic N) is 2. The molecule has 98 valence electrons. The molecule has 1 aliphatic rings. The molecule has 0 saturated carbocycles. The molecule has 1 rings (SSSR count). The van der Waals surface area contributed by atoms with E-state index in [0.29, 0.717) is 12.5 Å². The number of urea groups is 1. The number of hydrogen-bond acceptors (Lipinski definition) is 2. The van der Waals surface area contributed by atoms with Gasteiger partial charge in [0.05, 0.1) is 0 Å². The summed E-state index contributed by atoms with van der Waals surface area (Å²) in [7, 11) is 0. The molecular formula is C12H22N2O3. The van der Waals surface area contributed by atoms with Gasteiger partial charge >= 0.3 is 12.0 Å². The Labute approximate surface area is 102 Å². The fourth-order valence-corrected chi connectivity index (χ4v) is 2.12. The average Bonchev–Trinajstić information content (AvgIpc) is 2.61. The minimum atomic E-state index is -0.953. The molecule has 0 radical (unpaired) electrons. The highest BCUT2D eigenvalue weighted by atomic mass is 16.4. The van der Waals surface area contributed by atoms with Gasteiger partial charge in [-0.15, -0.1) is 0 Å². The van der Waals surface area contributed by atoms with Crippen LogP contribution in [0.2, 0.25) is 0 Å². The highest BCUT2D eigenvalue weighted by Gasteiger charge is 2.28. The molecule has 5 heteroatoms. The summed E-state index contributed by atoms with van der Waals surface area (Å²) in [5, 5.41) is 8.83. The first-order valence-corrected chi connectivity index (χ1v) is 6.15. The molecule has 1 unspecified atom stereocenters. The van der Waals surface area contributed by atoms with Gasteiger partial charge in [0.1, 0.15) is 6.54 Å². The number of carbonyl (C=O) groups is 2. The van der Waals surface area contributed by atoms with E-state index >= 15 is 0 Å². The highest BCUT2D eigenvalue weighted by Crippen LogP contribution is 2.17. The van der Waals surface area contributed by atoms with Crippen LogP contribution in [0.5, 0.6) is 0 Å². The number of likely N-dealkylation sites (tertiary alicyclic amines) is 1. The minimum absolute atomic E-state index is 0.134. The zero-order valence-electron chi connectivity index (χ0n) is 10.8. The van der Waals surface area contributed by atoms with Crippen molar-refractivity contribution in [2.45, 2.75) is 27.2 Å². The fourth-order valence-electron chi connectivity index (χ4n) is 2.12. The molecule has 1 heterocycles. The van der Waals surface area contributed by atoms with E-state index in [0.717, 1.165) is 19.5 Å². The number of amides is 2. The average molecular weight is 242 g/mol. The van der Waals surface area contributed by atoms with E-state index in [2.05, 4.69) is 6.92 Å². The Bertz CT molecular complexity index is 291. The van der Waals surface area contributed by atoms with Crippen LogP contribution in [-0.4, -0.2) is 53.1 Å². The smallest absolute Gasteiger partial charge is 0.323 e. The fraction of sp³-hybridized carbons (Fsp3) is 0.833. The first kappa shape index (κ1) is 13.8. The van der Waals surface area contributed by atoms with Gasteiger partial charge in [-0.2, -0.15) is 0 Å². The molecule has 1 fully saturated rings. The Kier molecular flexibility index (Phi) is 4.78. The van der Waals surface area contributed by atoms with Gasteiger partial charge in [0, 0.05) is 19.6 Å². The maximum absolute atomic E-state index is 12.2. The molecule has 2 amide bonds. The zero-order chi connectivity index (χ0) is 13.0.